The molecule has 1 aromatic carbocycles. The van der Waals surface area contributed by atoms with Gasteiger partial charge in [0.05, 0.1) is 12.0 Å². The number of carbonyl (C=O) groups excluding carboxylic acids is 1. The van der Waals surface area contributed by atoms with Gasteiger partial charge in [0.15, 0.2) is 0 Å². The molecule has 0 unspecified atom stereocenters. The van der Waals surface area contributed by atoms with Crippen LogP contribution in [0, 0.1) is 5.82 Å². The number of esters is 1. The van der Waals surface area contributed by atoms with Crippen LogP contribution in [-0.2, 0) is 14.9 Å². The number of ether oxygens (including phenoxy) is 1. The molecule has 0 radical (unpaired) electrons. The number of carbonyl (C=O) groups is 1. The highest BCUT2D eigenvalue weighted by Gasteiger charge is 2.54. The lowest BCUT2D eigenvalue weighted by Crippen LogP contribution is -2.23. The molecule has 94 valence electrons. The highest BCUT2D eigenvalue weighted by Crippen LogP contribution is 2.51. The zero-order valence-corrected chi connectivity index (χ0v) is 10.1. The first-order valence-corrected chi connectivity index (χ1v) is 6.12. The van der Waals surface area contributed by atoms with Crippen LogP contribution in [0.25, 0.3) is 10.9 Å². The molecule has 4 heteroatoms. The van der Waals surface area contributed by atoms with Crippen molar-refractivity contribution in [2.75, 3.05) is 6.61 Å². The Hall–Kier alpha value is -1.84. The van der Waals surface area contributed by atoms with Gasteiger partial charge in [0.25, 0.3) is 0 Å². The van der Waals surface area contributed by atoms with E-state index in [1.165, 1.54) is 6.07 Å². The molecule has 0 saturated heterocycles. The maximum absolute atomic E-state index is 13.9. The molecular formula is C14H14FNO2. The molecule has 1 aliphatic rings. The van der Waals surface area contributed by atoms with E-state index in [0.29, 0.717) is 12.0 Å². The van der Waals surface area contributed by atoms with Gasteiger partial charge >= 0.3 is 5.97 Å². The summed E-state index contributed by atoms with van der Waals surface area (Å²) < 4.78 is 19.0. The molecule has 0 spiro atoms. The van der Waals surface area contributed by atoms with E-state index in [2.05, 4.69) is 4.98 Å². The lowest BCUT2D eigenvalue weighted by molar-refractivity contribution is -0.146. The van der Waals surface area contributed by atoms with Crippen molar-refractivity contribution < 1.29 is 13.9 Å². The molecule has 3 rings (SSSR count). The molecule has 18 heavy (non-hydrogen) atoms. The fraction of sp³-hybridized carbons (Fsp3) is 0.357. The summed E-state index contributed by atoms with van der Waals surface area (Å²) in [5.74, 6) is -0.534. The molecule has 3 nitrogen and oxygen atoms in total. The van der Waals surface area contributed by atoms with E-state index in [0.717, 1.165) is 23.9 Å². The largest absolute Gasteiger partial charge is 0.465 e. The summed E-state index contributed by atoms with van der Waals surface area (Å²) in [5, 5.41) is 0.517. The predicted molar refractivity (Wildman–Crippen MR) is 65.8 cm³/mol. The number of rotatable bonds is 3. The Labute approximate surface area is 104 Å². The van der Waals surface area contributed by atoms with Gasteiger partial charge in [-0.3, -0.25) is 4.79 Å². The molecule has 1 saturated carbocycles. The summed E-state index contributed by atoms with van der Waals surface area (Å²) in [6.07, 6.45) is 3.19. The monoisotopic (exact) mass is 247 g/mol. The third-order valence-corrected chi connectivity index (χ3v) is 3.59. The van der Waals surface area contributed by atoms with Crippen molar-refractivity contribution in [3.8, 4) is 0 Å². The van der Waals surface area contributed by atoms with Crippen LogP contribution in [-0.4, -0.2) is 17.6 Å². The summed E-state index contributed by atoms with van der Waals surface area (Å²) >= 11 is 0. The van der Waals surface area contributed by atoms with Gasteiger partial charge in [-0.1, -0.05) is 6.07 Å². The molecule has 1 heterocycles. The third kappa shape index (κ3) is 1.45. The van der Waals surface area contributed by atoms with Crippen molar-refractivity contribution in [2.24, 2.45) is 0 Å². The van der Waals surface area contributed by atoms with Crippen LogP contribution in [0.4, 0.5) is 4.39 Å². The van der Waals surface area contributed by atoms with Gasteiger partial charge in [0, 0.05) is 17.1 Å². The Bertz CT molecular complexity index is 613. The zero-order valence-electron chi connectivity index (χ0n) is 10.1. The number of hydrogen-bond donors (Lipinski definition) is 1. The molecule has 0 aliphatic heterocycles. The number of nitrogens with one attached hydrogen (secondary N) is 1. The van der Waals surface area contributed by atoms with E-state index < -0.39 is 5.41 Å². The Kier molecular flexibility index (Phi) is 2.40. The normalized spacial score (nSPS) is 16.8. The van der Waals surface area contributed by atoms with Crippen LogP contribution in [0.3, 0.4) is 0 Å². The van der Waals surface area contributed by atoms with Crippen molar-refractivity contribution in [3.05, 3.63) is 35.8 Å². The zero-order chi connectivity index (χ0) is 12.8. The maximum atomic E-state index is 13.9. The van der Waals surface area contributed by atoms with Crippen molar-refractivity contribution in [1.29, 1.82) is 0 Å². The number of hydrogen-bond acceptors (Lipinski definition) is 2. The minimum absolute atomic E-state index is 0.242. The van der Waals surface area contributed by atoms with Gasteiger partial charge in [-0.25, -0.2) is 4.39 Å². The SMILES string of the molecule is CCOC(=O)C1(c2c[nH]c3cccc(F)c23)CC1. The second kappa shape index (κ2) is 3.83. The summed E-state index contributed by atoms with van der Waals surface area (Å²) in [4.78, 5) is 15.0. The van der Waals surface area contributed by atoms with E-state index >= 15 is 0 Å². The standard InChI is InChI=1S/C14H14FNO2/c1-2-18-13(17)14(6-7-14)9-8-16-11-5-3-4-10(15)12(9)11/h3-5,8,16H,2,6-7H2,1H3. The number of aromatic amines is 1. The Balaban J connectivity index is 2.13. The van der Waals surface area contributed by atoms with Crippen LogP contribution in [0.1, 0.15) is 25.3 Å². The van der Waals surface area contributed by atoms with E-state index in [-0.39, 0.29) is 11.8 Å². The third-order valence-electron chi connectivity index (χ3n) is 3.59. The van der Waals surface area contributed by atoms with Crippen molar-refractivity contribution in [1.82, 2.24) is 4.98 Å². The molecular weight excluding hydrogens is 233 g/mol. The number of aromatic nitrogens is 1. The lowest BCUT2D eigenvalue weighted by atomic mass is 9.95. The van der Waals surface area contributed by atoms with Crippen molar-refractivity contribution in [2.45, 2.75) is 25.2 Å². The van der Waals surface area contributed by atoms with E-state index in [1.807, 2.05) is 6.07 Å². The quantitative estimate of drug-likeness (QED) is 0.847. The summed E-state index contributed by atoms with van der Waals surface area (Å²) in [7, 11) is 0. The van der Waals surface area contributed by atoms with Gasteiger partial charge in [-0.2, -0.15) is 0 Å². The van der Waals surface area contributed by atoms with Crippen LogP contribution < -0.4 is 0 Å². The molecule has 2 aromatic rings. The molecule has 1 fully saturated rings. The van der Waals surface area contributed by atoms with Crippen LogP contribution in [0.2, 0.25) is 0 Å². The molecule has 1 aromatic heterocycles. The first kappa shape index (κ1) is 11.3. The first-order valence-electron chi connectivity index (χ1n) is 6.12. The van der Waals surface area contributed by atoms with Crippen LogP contribution in [0.5, 0.6) is 0 Å². The Morgan fingerprint density at radius 3 is 2.94 bits per heavy atom. The lowest BCUT2D eigenvalue weighted by Gasteiger charge is -2.13. The fourth-order valence-electron chi connectivity index (χ4n) is 2.50. The Morgan fingerprint density at radius 2 is 2.28 bits per heavy atom. The van der Waals surface area contributed by atoms with Gasteiger partial charge in [0.1, 0.15) is 5.82 Å². The van der Waals surface area contributed by atoms with Crippen molar-refractivity contribution >= 4 is 16.9 Å². The second-order valence-corrected chi connectivity index (χ2v) is 4.67. The average molecular weight is 247 g/mol. The number of benzene rings is 1. The Morgan fingerprint density at radius 1 is 1.50 bits per heavy atom. The summed E-state index contributed by atoms with van der Waals surface area (Å²) in [6, 6.07) is 4.88. The van der Waals surface area contributed by atoms with Gasteiger partial charge in [0.2, 0.25) is 0 Å². The molecule has 0 bridgehead atoms. The van der Waals surface area contributed by atoms with Crippen LogP contribution in [0.15, 0.2) is 24.4 Å². The summed E-state index contributed by atoms with van der Waals surface area (Å²) in [5.41, 5.74) is 0.825. The van der Waals surface area contributed by atoms with Gasteiger partial charge in [-0.15, -0.1) is 0 Å². The first-order chi connectivity index (χ1) is 8.69. The number of fused-ring (bicyclic) bond motifs is 1. The second-order valence-electron chi connectivity index (χ2n) is 4.67. The fourth-order valence-corrected chi connectivity index (χ4v) is 2.50. The van der Waals surface area contributed by atoms with Gasteiger partial charge in [-0.05, 0) is 37.5 Å². The minimum atomic E-state index is -0.629. The number of H-pyrrole nitrogens is 1. The van der Waals surface area contributed by atoms with Gasteiger partial charge < -0.3 is 9.72 Å². The smallest absolute Gasteiger partial charge is 0.316 e. The predicted octanol–water partition coefficient (Wildman–Crippen LogP) is 2.90. The van der Waals surface area contributed by atoms with E-state index in [1.54, 1.807) is 19.2 Å². The average Bonchev–Trinajstić information content (AvgIpc) is 3.04. The molecule has 1 N–H and O–H groups in total. The molecule has 1 aliphatic carbocycles. The highest BCUT2D eigenvalue weighted by molar-refractivity contribution is 5.95. The van der Waals surface area contributed by atoms with Crippen molar-refractivity contribution in [3.63, 3.8) is 0 Å². The van der Waals surface area contributed by atoms with E-state index in [4.69, 9.17) is 4.74 Å². The van der Waals surface area contributed by atoms with E-state index in [9.17, 15) is 9.18 Å². The molecule has 0 amide bonds. The maximum Gasteiger partial charge on any atom is 0.316 e. The minimum Gasteiger partial charge on any atom is -0.465 e. The molecule has 0 atom stereocenters. The summed E-state index contributed by atoms with van der Waals surface area (Å²) in [6.45, 7) is 2.13. The highest BCUT2D eigenvalue weighted by atomic mass is 19.1. The number of halogens is 1. The topological polar surface area (TPSA) is 42.1 Å². The van der Waals surface area contributed by atoms with Crippen LogP contribution >= 0.6 is 0 Å².